The minimum absolute atomic E-state index is 0.193. The monoisotopic (exact) mass is 348 g/mol. The highest BCUT2D eigenvalue weighted by molar-refractivity contribution is 6.30. The van der Waals surface area contributed by atoms with E-state index in [1.807, 2.05) is 24.3 Å². The number of esters is 1. The Balaban J connectivity index is 1.70. The summed E-state index contributed by atoms with van der Waals surface area (Å²) >= 11 is 5.70. The first kappa shape index (κ1) is 17.7. The third kappa shape index (κ3) is 5.89. The van der Waals surface area contributed by atoms with Gasteiger partial charge in [0.1, 0.15) is 11.6 Å². The Morgan fingerprint density at radius 1 is 1.17 bits per heavy atom. The minimum Gasteiger partial charge on any atom is -0.497 e. The van der Waals surface area contributed by atoms with Gasteiger partial charge in [-0.3, -0.25) is 9.59 Å². The number of pyridine rings is 1. The van der Waals surface area contributed by atoms with E-state index in [0.717, 1.165) is 11.3 Å². The Morgan fingerprint density at radius 2 is 1.92 bits per heavy atom. The van der Waals surface area contributed by atoms with Crippen molar-refractivity contribution in [2.75, 3.05) is 19.0 Å². The molecular formula is C17H17ClN2O4. The SMILES string of the molecule is COc1ccc(CCC(=O)OCC(=O)Nc2ccc(Cl)cn2)cc1. The molecule has 0 saturated carbocycles. The molecule has 0 fully saturated rings. The summed E-state index contributed by atoms with van der Waals surface area (Å²) in [7, 11) is 1.59. The summed E-state index contributed by atoms with van der Waals surface area (Å²) in [5.41, 5.74) is 0.988. The molecule has 1 heterocycles. The number of halogens is 1. The number of carbonyl (C=O) groups excluding carboxylic acids is 2. The van der Waals surface area contributed by atoms with Crippen molar-refractivity contribution in [2.24, 2.45) is 0 Å². The number of carbonyl (C=O) groups is 2. The van der Waals surface area contributed by atoms with E-state index in [0.29, 0.717) is 17.3 Å². The number of rotatable bonds is 7. The number of nitrogens with one attached hydrogen (secondary N) is 1. The van der Waals surface area contributed by atoms with Crippen LogP contribution in [-0.2, 0) is 20.7 Å². The molecule has 6 nitrogen and oxygen atoms in total. The van der Waals surface area contributed by atoms with E-state index in [-0.39, 0.29) is 13.0 Å². The lowest BCUT2D eigenvalue weighted by Crippen LogP contribution is -2.21. The lowest BCUT2D eigenvalue weighted by molar-refractivity contribution is -0.147. The Morgan fingerprint density at radius 3 is 2.54 bits per heavy atom. The zero-order valence-electron chi connectivity index (χ0n) is 13.1. The van der Waals surface area contributed by atoms with Crippen LogP contribution in [0.2, 0.25) is 5.02 Å². The average molecular weight is 349 g/mol. The zero-order chi connectivity index (χ0) is 17.4. The van der Waals surface area contributed by atoms with E-state index < -0.39 is 11.9 Å². The van der Waals surface area contributed by atoms with Crippen LogP contribution in [0.5, 0.6) is 5.75 Å². The van der Waals surface area contributed by atoms with Gasteiger partial charge >= 0.3 is 5.97 Å². The van der Waals surface area contributed by atoms with E-state index in [9.17, 15) is 9.59 Å². The van der Waals surface area contributed by atoms with Gasteiger partial charge in [0.2, 0.25) is 0 Å². The molecule has 2 aromatic rings. The zero-order valence-corrected chi connectivity index (χ0v) is 13.9. The summed E-state index contributed by atoms with van der Waals surface area (Å²) in [4.78, 5) is 27.3. The molecule has 0 saturated heterocycles. The summed E-state index contributed by atoms with van der Waals surface area (Å²) in [6.07, 6.45) is 2.14. The Labute approximate surface area is 144 Å². The third-order valence-electron chi connectivity index (χ3n) is 3.14. The quantitative estimate of drug-likeness (QED) is 0.778. The maximum absolute atomic E-state index is 11.7. The predicted octanol–water partition coefficient (Wildman–Crippen LogP) is 2.86. The molecule has 1 N–H and O–H groups in total. The number of benzene rings is 1. The van der Waals surface area contributed by atoms with Crippen molar-refractivity contribution < 1.29 is 19.1 Å². The number of hydrogen-bond donors (Lipinski definition) is 1. The highest BCUT2D eigenvalue weighted by Gasteiger charge is 2.09. The number of aromatic nitrogens is 1. The van der Waals surface area contributed by atoms with E-state index in [1.165, 1.54) is 6.20 Å². The average Bonchev–Trinajstić information content (AvgIpc) is 2.60. The van der Waals surface area contributed by atoms with Crippen molar-refractivity contribution in [3.63, 3.8) is 0 Å². The third-order valence-corrected chi connectivity index (χ3v) is 3.36. The molecule has 0 unspecified atom stereocenters. The summed E-state index contributed by atoms with van der Waals surface area (Å²) in [5, 5.41) is 2.98. The van der Waals surface area contributed by atoms with E-state index >= 15 is 0 Å². The summed E-state index contributed by atoms with van der Waals surface area (Å²) in [5.74, 6) is 0.208. The van der Waals surface area contributed by atoms with Gasteiger partial charge in [-0.1, -0.05) is 23.7 Å². The van der Waals surface area contributed by atoms with E-state index in [4.69, 9.17) is 21.1 Å². The van der Waals surface area contributed by atoms with Gasteiger partial charge in [0.05, 0.1) is 12.1 Å². The Kier molecular flexibility index (Phi) is 6.57. The fourth-order valence-electron chi connectivity index (χ4n) is 1.89. The van der Waals surface area contributed by atoms with Crippen molar-refractivity contribution in [3.8, 4) is 5.75 Å². The topological polar surface area (TPSA) is 77.5 Å². The van der Waals surface area contributed by atoms with Crippen molar-refractivity contribution in [3.05, 3.63) is 53.2 Å². The molecule has 0 aliphatic carbocycles. The van der Waals surface area contributed by atoms with Crippen molar-refractivity contribution >= 4 is 29.3 Å². The molecule has 0 spiro atoms. The maximum Gasteiger partial charge on any atom is 0.306 e. The standard InChI is InChI=1S/C17H17ClN2O4/c1-23-14-6-2-12(3-7-14)4-9-17(22)24-11-16(21)20-15-8-5-13(18)10-19-15/h2-3,5-8,10H,4,9,11H2,1H3,(H,19,20,21). The first-order valence-corrected chi connectivity index (χ1v) is 7.64. The van der Waals surface area contributed by atoms with Gasteiger partial charge in [-0.15, -0.1) is 0 Å². The normalized spacial score (nSPS) is 10.1. The van der Waals surface area contributed by atoms with Crippen LogP contribution in [0.25, 0.3) is 0 Å². The fourth-order valence-corrected chi connectivity index (χ4v) is 2.00. The van der Waals surface area contributed by atoms with Crippen LogP contribution in [0.15, 0.2) is 42.6 Å². The van der Waals surface area contributed by atoms with Gasteiger partial charge < -0.3 is 14.8 Å². The minimum atomic E-state index is -0.456. The lowest BCUT2D eigenvalue weighted by Gasteiger charge is -2.06. The summed E-state index contributed by atoms with van der Waals surface area (Å²) in [6, 6.07) is 10.6. The summed E-state index contributed by atoms with van der Waals surface area (Å²) in [6.45, 7) is -0.355. The molecule has 0 radical (unpaired) electrons. The van der Waals surface area contributed by atoms with Gasteiger partial charge in [0.25, 0.3) is 5.91 Å². The fraction of sp³-hybridized carbons (Fsp3) is 0.235. The van der Waals surface area contributed by atoms with Gasteiger partial charge in [0, 0.05) is 12.6 Å². The van der Waals surface area contributed by atoms with Crippen molar-refractivity contribution in [1.82, 2.24) is 4.98 Å². The molecule has 1 amide bonds. The first-order valence-electron chi connectivity index (χ1n) is 7.27. The van der Waals surface area contributed by atoms with Crippen LogP contribution >= 0.6 is 11.6 Å². The van der Waals surface area contributed by atoms with Gasteiger partial charge in [0.15, 0.2) is 6.61 Å². The summed E-state index contributed by atoms with van der Waals surface area (Å²) < 4.78 is 10.0. The number of hydrogen-bond acceptors (Lipinski definition) is 5. The number of amides is 1. The highest BCUT2D eigenvalue weighted by atomic mass is 35.5. The van der Waals surface area contributed by atoms with Crippen LogP contribution in [0.4, 0.5) is 5.82 Å². The molecule has 2 rings (SSSR count). The second-order valence-electron chi connectivity index (χ2n) is 4.92. The molecule has 7 heteroatoms. The first-order chi connectivity index (χ1) is 11.6. The molecular weight excluding hydrogens is 332 g/mol. The van der Waals surface area contributed by atoms with Crippen LogP contribution < -0.4 is 10.1 Å². The van der Waals surface area contributed by atoms with E-state index in [1.54, 1.807) is 19.2 Å². The molecule has 0 bridgehead atoms. The smallest absolute Gasteiger partial charge is 0.306 e. The number of ether oxygens (including phenoxy) is 2. The van der Waals surface area contributed by atoms with Crippen molar-refractivity contribution in [1.29, 1.82) is 0 Å². The Hall–Kier alpha value is -2.60. The molecule has 24 heavy (non-hydrogen) atoms. The highest BCUT2D eigenvalue weighted by Crippen LogP contribution is 2.13. The molecule has 1 aromatic heterocycles. The second kappa shape index (κ2) is 8.88. The van der Waals surface area contributed by atoms with Crippen LogP contribution in [-0.4, -0.2) is 30.6 Å². The van der Waals surface area contributed by atoms with Crippen LogP contribution in [0.1, 0.15) is 12.0 Å². The lowest BCUT2D eigenvalue weighted by atomic mass is 10.1. The Bertz CT molecular complexity index is 687. The number of methoxy groups -OCH3 is 1. The largest absolute Gasteiger partial charge is 0.497 e. The molecule has 0 aliphatic heterocycles. The van der Waals surface area contributed by atoms with E-state index in [2.05, 4.69) is 10.3 Å². The number of aryl methyl sites for hydroxylation is 1. The van der Waals surface area contributed by atoms with Gasteiger partial charge in [-0.05, 0) is 36.2 Å². The van der Waals surface area contributed by atoms with Gasteiger partial charge in [-0.25, -0.2) is 4.98 Å². The maximum atomic E-state index is 11.7. The number of anilines is 1. The van der Waals surface area contributed by atoms with Crippen LogP contribution in [0.3, 0.4) is 0 Å². The van der Waals surface area contributed by atoms with Crippen LogP contribution in [0, 0.1) is 0 Å². The predicted molar refractivity (Wildman–Crippen MR) is 90.2 cm³/mol. The van der Waals surface area contributed by atoms with Gasteiger partial charge in [-0.2, -0.15) is 0 Å². The number of nitrogens with zero attached hydrogens (tertiary/aromatic N) is 1. The molecule has 126 valence electrons. The molecule has 1 aromatic carbocycles. The van der Waals surface area contributed by atoms with Crippen molar-refractivity contribution in [2.45, 2.75) is 12.8 Å². The second-order valence-corrected chi connectivity index (χ2v) is 5.36. The molecule has 0 aliphatic rings. The molecule has 0 atom stereocenters.